The van der Waals surface area contributed by atoms with Crippen LogP contribution in [0.3, 0.4) is 0 Å². The number of allylic oxidation sites excluding steroid dienone is 2. The number of benzene rings is 2. The van der Waals surface area contributed by atoms with Crippen LogP contribution in [0.2, 0.25) is 0 Å². The lowest BCUT2D eigenvalue weighted by Gasteiger charge is -2.30. The number of methoxy groups -OCH3 is 2. The van der Waals surface area contributed by atoms with Gasteiger partial charge in [0.2, 0.25) is 0 Å². The number of ether oxygens (including phenoxy) is 2. The molecule has 1 fully saturated rings. The Labute approximate surface area is 183 Å². The maximum Gasteiger partial charge on any atom is 0.187 e. The van der Waals surface area contributed by atoms with Crippen LogP contribution < -0.4 is 9.47 Å². The summed E-state index contributed by atoms with van der Waals surface area (Å²) in [6.45, 7) is 2.93. The number of para-hydroxylation sites is 1. The van der Waals surface area contributed by atoms with Crippen molar-refractivity contribution in [1.29, 1.82) is 0 Å². The number of rotatable bonds is 7. The molecule has 0 unspecified atom stereocenters. The Morgan fingerprint density at radius 3 is 2.55 bits per heavy atom. The van der Waals surface area contributed by atoms with Gasteiger partial charge >= 0.3 is 0 Å². The zero-order valence-electron chi connectivity index (χ0n) is 18.5. The van der Waals surface area contributed by atoms with Crippen molar-refractivity contribution in [3.8, 4) is 11.5 Å². The molecule has 162 valence electrons. The second-order valence-electron chi connectivity index (χ2n) is 8.20. The Hall–Kier alpha value is -3.05. The highest BCUT2D eigenvalue weighted by molar-refractivity contribution is 6.13. The van der Waals surface area contributed by atoms with Crippen molar-refractivity contribution in [2.45, 2.75) is 19.4 Å². The van der Waals surface area contributed by atoms with Gasteiger partial charge in [-0.1, -0.05) is 30.3 Å². The number of likely N-dealkylation sites (tertiary alicyclic amines) is 1. The average Bonchev–Trinajstić information content (AvgIpc) is 3.15. The largest absolute Gasteiger partial charge is 0.493 e. The Kier molecular flexibility index (Phi) is 6.42. The molecule has 0 saturated carbocycles. The van der Waals surface area contributed by atoms with Gasteiger partial charge in [-0.3, -0.25) is 9.69 Å². The maximum absolute atomic E-state index is 12.8. The molecule has 31 heavy (non-hydrogen) atoms. The molecule has 1 saturated heterocycles. The first kappa shape index (κ1) is 21.2. The monoisotopic (exact) mass is 418 g/mol. The van der Waals surface area contributed by atoms with Gasteiger partial charge < -0.3 is 14.0 Å². The van der Waals surface area contributed by atoms with E-state index in [1.165, 1.54) is 5.56 Å². The van der Waals surface area contributed by atoms with Crippen LogP contribution >= 0.6 is 0 Å². The number of nitrogens with zero attached hydrogens (tertiary/aromatic N) is 2. The van der Waals surface area contributed by atoms with Crippen molar-refractivity contribution in [2.75, 3.05) is 27.3 Å². The second-order valence-corrected chi connectivity index (χ2v) is 8.20. The van der Waals surface area contributed by atoms with Gasteiger partial charge in [0.1, 0.15) is 0 Å². The summed E-state index contributed by atoms with van der Waals surface area (Å²) >= 11 is 0. The molecule has 5 nitrogen and oxygen atoms in total. The van der Waals surface area contributed by atoms with Crippen molar-refractivity contribution in [3.63, 3.8) is 0 Å². The Morgan fingerprint density at radius 1 is 1.06 bits per heavy atom. The van der Waals surface area contributed by atoms with E-state index in [2.05, 4.69) is 17.0 Å². The van der Waals surface area contributed by atoms with Gasteiger partial charge in [0.15, 0.2) is 17.3 Å². The fourth-order valence-corrected chi connectivity index (χ4v) is 4.39. The van der Waals surface area contributed by atoms with Crippen LogP contribution in [-0.2, 0) is 13.6 Å². The fourth-order valence-electron chi connectivity index (χ4n) is 4.39. The van der Waals surface area contributed by atoms with E-state index >= 15 is 0 Å². The van der Waals surface area contributed by atoms with Gasteiger partial charge in [0.05, 0.1) is 14.2 Å². The number of aryl methyl sites for hydroxylation is 1. The first-order valence-corrected chi connectivity index (χ1v) is 10.8. The average molecular weight is 419 g/mol. The number of aromatic nitrogens is 1. The molecule has 0 spiro atoms. The molecule has 1 aliphatic rings. The Morgan fingerprint density at radius 2 is 1.81 bits per heavy atom. The minimum atomic E-state index is 0.0876. The van der Waals surface area contributed by atoms with Gasteiger partial charge in [-0.05, 0) is 61.7 Å². The van der Waals surface area contributed by atoms with Gasteiger partial charge in [0, 0.05) is 36.3 Å². The van der Waals surface area contributed by atoms with Crippen LogP contribution in [0.5, 0.6) is 11.5 Å². The molecule has 2 heterocycles. The lowest BCUT2D eigenvalue weighted by Crippen LogP contribution is -2.32. The first-order chi connectivity index (χ1) is 15.1. The SMILES string of the molecule is COc1ccc(CN2CCC(C=CC(=O)c3cn(C)c4ccccc34)CC2)cc1OC. The molecule has 0 bridgehead atoms. The minimum absolute atomic E-state index is 0.0876. The number of fused-ring (bicyclic) bond motifs is 1. The van der Waals surface area contributed by atoms with Gasteiger partial charge in [-0.15, -0.1) is 0 Å². The molecule has 1 aromatic heterocycles. The van der Waals surface area contributed by atoms with Crippen molar-refractivity contribution in [3.05, 3.63) is 71.9 Å². The fraction of sp³-hybridized carbons (Fsp3) is 0.346. The van der Waals surface area contributed by atoms with Crippen molar-refractivity contribution in [1.82, 2.24) is 9.47 Å². The van der Waals surface area contributed by atoms with E-state index in [9.17, 15) is 4.79 Å². The van der Waals surface area contributed by atoms with Crippen LogP contribution in [0, 0.1) is 5.92 Å². The zero-order valence-corrected chi connectivity index (χ0v) is 18.5. The summed E-state index contributed by atoms with van der Waals surface area (Å²) in [5.74, 6) is 2.06. The third kappa shape index (κ3) is 4.67. The summed E-state index contributed by atoms with van der Waals surface area (Å²) in [4.78, 5) is 15.3. The molecule has 2 aromatic carbocycles. The molecule has 0 N–H and O–H groups in total. The smallest absolute Gasteiger partial charge is 0.187 e. The highest BCUT2D eigenvalue weighted by Gasteiger charge is 2.19. The van der Waals surface area contributed by atoms with Gasteiger partial charge in [0.25, 0.3) is 0 Å². The van der Waals surface area contributed by atoms with Gasteiger partial charge in [-0.25, -0.2) is 0 Å². The Balaban J connectivity index is 1.34. The molecule has 0 atom stereocenters. The van der Waals surface area contributed by atoms with Crippen molar-refractivity contribution < 1.29 is 14.3 Å². The normalized spacial score (nSPS) is 15.6. The van der Waals surface area contributed by atoms with Crippen LogP contribution in [-0.4, -0.2) is 42.6 Å². The van der Waals surface area contributed by atoms with Crippen molar-refractivity contribution >= 4 is 16.7 Å². The minimum Gasteiger partial charge on any atom is -0.493 e. The summed E-state index contributed by atoms with van der Waals surface area (Å²) in [5, 5.41) is 1.02. The standard InChI is InChI=1S/C26H30N2O3/c1-27-18-22(21-6-4-5-7-23(21)27)24(29)10-8-19-12-14-28(15-13-19)17-20-9-11-25(30-2)26(16-20)31-3/h4-11,16,18-19H,12-15,17H2,1-3H3. The van der Waals surface area contributed by atoms with E-state index in [0.717, 1.165) is 60.4 Å². The first-order valence-electron chi connectivity index (χ1n) is 10.8. The zero-order chi connectivity index (χ0) is 21.8. The maximum atomic E-state index is 12.8. The number of ketones is 1. The molecule has 1 aliphatic heterocycles. The molecule has 5 heteroatoms. The summed E-state index contributed by atoms with van der Waals surface area (Å²) in [6.07, 6.45) is 7.94. The third-order valence-corrected chi connectivity index (χ3v) is 6.17. The number of piperidine rings is 1. The van der Waals surface area contributed by atoms with Crippen LogP contribution in [0.25, 0.3) is 10.9 Å². The summed E-state index contributed by atoms with van der Waals surface area (Å²) in [6, 6.07) is 14.2. The topological polar surface area (TPSA) is 43.7 Å². The molecule has 0 aliphatic carbocycles. The van der Waals surface area contributed by atoms with Crippen molar-refractivity contribution in [2.24, 2.45) is 13.0 Å². The lowest BCUT2D eigenvalue weighted by atomic mass is 9.95. The predicted molar refractivity (Wildman–Crippen MR) is 124 cm³/mol. The van der Waals surface area contributed by atoms with Crippen LogP contribution in [0.1, 0.15) is 28.8 Å². The molecular formula is C26H30N2O3. The number of hydrogen-bond acceptors (Lipinski definition) is 4. The molecule has 0 amide bonds. The Bertz CT molecular complexity index is 1090. The van der Waals surface area contributed by atoms with Crippen LogP contribution in [0.4, 0.5) is 0 Å². The number of carbonyl (C=O) groups is 1. The van der Waals surface area contributed by atoms with E-state index in [1.807, 2.05) is 54.2 Å². The second kappa shape index (κ2) is 9.40. The van der Waals surface area contributed by atoms with Crippen LogP contribution in [0.15, 0.2) is 60.8 Å². The summed E-state index contributed by atoms with van der Waals surface area (Å²) < 4.78 is 12.8. The quantitative estimate of drug-likeness (QED) is 0.407. The summed E-state index contributed by atoms with van der Waals surface area (Å²) in [7, 11) is 5.30. The predicted octanol–water partition coefficient (Wildman–Crippen LogP) is 4.85. The van der Waals surface area contributed by atoms with E-state index in [4.69, 9.17) is 9.47 Å². The van der Waals surface area contributed by atoms with E-state index in [-0.39, 0.29) is 5.78 Å². The van der Waals surface area contributed by atoms with E-state index < -0.39 is 0 Å². The molecular weight excluding hydrogens is 388 g/mol. The molecule has 0 radical (unpaired) electrons. The third-order valence-electron chi connectivity index (χ3n) is 6.17. The highest BCUT2D eigenvalue weighted by Crippen LogP contribution is 2.29. The molecule has 3 aromatic rings. The lowest BCUT2D eigenvalue weighted by molar-refractivity contribution is 0.104. The number of carbonyl (C=O) groups excluding carboxylic acids is 1. The molecule has 4 rings (SSSR count). The number of hydrogen-bond donors (Lipinski definition) is 0. The highest BCUT2D eigenvalue weighted by atomic mass is 16.5. The summed E-state index contributed by atoms with van der Waals surface area (Å²) in [5.41, 5.74) is 3.08. The van der Waals surface area contributed by atoms with Gasteiger partial charge in [-0.2, -0.15) is 0 Å². The van der Waals surface area contributed by atoms with E-state index in [1.54, 1.807) is 20.3 Å². The van der Waals surface area contributed by atoms with E-state index in [0.29, 0.717) is 5.92 Å².